The Morgan fingerprint density at radius 1 is 0.852 bits per heavy atom. The topological polar surface area (TPSA) is 17.8 Å². The maximum atomic E-state index is 5.08. The van der Waals surface area contributed by atoms with Crippen LogP contribution in [0.1, 0.15) is 36.4 Å². The molecule has 3 heteroatoms. The van der Waals surface area contributed by atoms with Crippen molar-refractivity contribution in [3.8, 4) is 0 Å². The molecule has 0 N–H and O–H groups in total. The Labute approximate surface area is 165 Å². The summed E-state index contributed by atoms with van der Waals surface area (Å²) in [6, 6.07) is 29.9. The molecule has 4 rings (SSSR count). The molecule has 0 bridgehead atoms. The van der Waals surface area contributed by atoms with Gasteiger partial charge in [0.15, 0.2) is 0 Å². The summed E-state index contributed by atoms with van der Waals surface area (Å²) in [7, 11) is 0. The van der Waals surface area contributed by atoms with Crippen molar-refractivity contribution in [2.75, 3.05) is 0 Å². The maximum Gasteiger partial charge on any atom is 0.127 e. The van der Waals surface area contributed by atoms with Gasteiger partial charge in [-0.3, -0.25) is 0 Å². The smallest absolute Gasteiger partial charge is 0.127 e. The Balaban J connectivity index is 1.84. The van der Waals surface area contributed by atoms with Crippen LogP contribution in [-0.2, 0) is 6.54 Å². The van der Waals surface area contributed by atoms with Gasteiger partial charge in [0.2, 0.25) is 0 Å². The highest BCUT2D eigenvalue weighted by atomic mass is 32.2. The van der Waals surface area contributed by atoms with Crippen LogP contribution >= 0.6 is 11.8 Å². The zero-order chi connectivity index (χ0) is 18.5. The second kappa shape index (κ2) is 8.45. The molecular weight excluding hydrogens is 348 g/mol. The lowest BCUT2D eigenvalue weighted by Crippen LogP contribution is -2.09. The minimum absolute atomic E-state index is 0.165. The van der Waals surface area contributed by atoms with Gasteiger partial charge >= 0.3 is 0 Å². The van der Waals surface area contributed by atoms with Crippen LogP contribution in [0.3, 0.4) is 0 Å². The molecule has 1 atom stereocenters. The van der Waals surface area contributed by atoms with Gasteiger partial charge in [-0.2, -0.15) is 0 Å². The van der Waals surface area contributed by atoms with E-state index < -0.39 is 0 Å². The van der Waals surface area contributed by atoms with Gasteiger partial charge in [-0.15, -0.1) is 11.8 Å². The summed E-state index contributed by atoms with van der Waals surface area (Å²) in [6.45, 7) is 3.25. The monoisotopic (exact) mass is 372 g/mol. The fraction of sp³-hybridized carbons (Fsp3) is 0.208. The summed E-state index contributed by atoms with van der Waals surface area (Å²) in [5.41, 5.74) is 3.60. The highest BCUT2D eigenvalue weighted by molar-refractivity contribution is 7.99. The van der Waals surface area contributed by atoms with Crippen LogP contribution in [0.2, 0.25) is 0 Å². The van der Waals surface area contributed by atoms with Gasteiger partial charge in [-0.05, 0) is 36.2 Å². The van der Waals surface area contributed by atoms with Gasteiger partial charge < -0.3 is 4.57 Å². The standard InChI is InChI=1S/C24H24N2S/c1-2-3-18-26-22-17-11-10-16-21(22)25-24(26)23(19-12-6-4-7-13-19)27-20-14-8-5-9-15-20/h4-17,23H,2-3,18H2,1H3. The highest BCUT2D eigenvalue weighted by Gasteiger charge is 2.23. The lowest BCUT2D eigenvalue weighted by Gasteiger charge is -2.19. The van der Waals surface area contributed by atoms with Crippen molar-refractivity contribution in [3.63, 3.8) is 0 Å². The van der Waals surface area contributed by atoms with E-state index in [-0.39, 0.29) is 5.25 Å². The molecule has 0 aliphatic heterocycles. The first-order chi connectivity index (χ1) is 13.4. The normalized spacial score (nSPS) is 12.3. The van der Waals surface area contributed by atoms with Crippen molar-refractivity contribution in [2.24, 2.45) is 0 Å². The minimum atomic E-state index is 0.165. The number of para-hydroxylation sites is 2. The maximum absolute atomic E-state index is 5.08. The van der Waals surface area contributed by atoms with E-state index >= 15 is 0 Å². The van der Waals surface area contributed by atoms with Gasteiger partial charge in [0.1, 0.15) is 5.82 Å². The molecule has 0 amide bonds. The van der Waals surface area contributed by atoms with Gasteiger partial charge in [0, 0.05) is 11.4 Å². The SMILES string of the molecule is CCCCn1c(C(Sc2ccccc2)c2ccccc2)nc2ccccc21. The molecule has 1 aromatic heterocycles. The third kappa shape index (κ3) is 3.93. The summed E-state index contributed by atoms with van der Waals surface area (Å²) >= 11 is 1.87. The first-order valence-corrected chi connectivity index (χ1v) is 10.5. The van der Waals surface area contributed by atoms with Crippen LogP contribution in [0.25, 0.3) is 11.0 Å². The van der Waals surface area contributed by atoms with E-state index in [0.29, 0.717) is 0 Å². The van der Waals surface area contributed by atoms with E-state index in [1.165, 1.54) is 22.4 Å². The van der Waals surface area contributed by atoms with Crippen LogP contribution in [-0.4, -0.2) is 9.55 Å². The molecule has 1 unspecified atom stereocenters. The zero-order valence-electron chi connectivity index (χ0n) is 15.6. The van der Waals surface area contributed by atoms with E-state index in [2.05, 4.69) is 96.4 Å². The van der Waals surface area contributed by atoms with Gasteiger partial charge in [-0.1, -0.05) is 74.0 Å². The quantitative estimate of drug-likeness (QED) is 0.335. The summed E-state index contributed by atoms with van der Waals surface area (Å²) in [6.07, 6.45) is 2.33. The Bertz CT molecular complexity index is 993. The molecule has 136 valence electrons. The van der Waals surface area contributed by atoms with E-state index in [1.54, 1.807) is 0 Å². The van der Waals surface area contributed by atoms with Crippen LogP contribution in [0, 0.1) is 0 Å². The number of aromatic nitrogens is 2. The van der Waals surface area contributed by atoms with Crippen LogP contribution in [0.4, 0.5) is 0 Å². The Hall–Kier alpha value is -2.52. The third-order valence-corrected chi connectivity index (χ3v) is 6.02. The molecule has 0 saturated carbocycles. The van der Waals surface area contributed by atoms with E-state index in [0.717, 1.165) is 24.3 Å². The Morgan fingerprint density at radius 3 is 2.26 bits per heavy atom. The minimum Gasteiger partial charge on any atom is -0.327 e. The lowest BCUT2D eigenvalue weighted by atomic mass is 10.1. The summed E-state index contributed by atoms with van der Waals surface area (Å²) in [5, 5.41) is 0.165. The molecule has 27 heavy (non-hydrogen) atoms. The molecule has 0 spiro atoms. The third-order valence-electron chi connectivity index (χ3n) is 4.75. The number of hydrogen-bond donors (Lipinski definition) is 0. The number of fused-ring (bicyclic) bond motifs is 1. The lowest BCUT2D eigenvalue weighted by molar-refractivity contribution is 0.621. The fourth-order valence-corrected chi connectivity index (χ4v) is 4.54. The predicted molar refractivity (Wildman–Crippen MR) is 115 cm³/mol. The number of benzene rings is 3. The largest absolute Gasteiger partial charge is 0.327 e. The van der Waals surface area contributed by atoms with Crippen molar-refractivity contribution in [2.45, 2.75) is 36.5 Å². The molecule has 0 fully saturated rings. The van der Waals surface area contributed by atoms with Crippen LogP contribution in [0.15, 0.2) is 89.8 Å². The molecular formula is C24H24N2S. The van der Waals surface area contributed by atoms with Crippen molar-refractivity contribution in [1.82, 2.24) is 9.55 Å². The highest BCUT2D eigenvalue weighted by Crippen LogP contribution is 2.41. The number of imidazole rings is 1. The molecule has 3 aromatic carbocycles. The summed E-state index contributed by atoms with van der Waals surface area (Å²) < 4.78 is 2.42. The number of thioether (sulfide) groups is 1. The number of hydrogen-bond acceptors (Lipinski definition) is 2. The second-order valence-electron chi connectivity index (χ2n) is 6.69. The van der Waals surface area contributed by atoms with E-state index in [1.807, 2.05) is 11.8 Å². The summed E-state index contributed by atoms with van der Waals surface area (Å²) in [5.74, 6) is 1.14. The first-order valence-electron chi connectivity index (χ1n) is 9.58. The van der Waals surface area contributed by atoms with E-state index in [9.17, 15) is 0 Å². The van der Waals surface area contributed by atoms with Crippen molar-refractivity contribution in [3.05, 3.63) is 96.3 Å². The predicted octanol–water partition coefficient (Wildman–Crippen LogP) is 6.72. The molecule has 1 heterocycles. The summed E-state index contributed by atoms with van der Waals surface area (Å²) in [4.78, 5) is 6.34. The molecule has 4 aromatic rings. The first kappa shape index (κ1) is 17.9. The van der Waals surface area contributed by atoms with Crippen molar-refractivity contribution >= 4 is 22.8 Å². The number of nitrogens with zero attached hydrogens (tertiary/aromatic N) is 2. The molecule has 0 saturated heterocycles. The van der Waals surface area contributed by atoms with Gasteiger partial charge in [0.05, 0.1) is 16.3 Å². The van der Waals surface area contributed by atoms with Crippen LogP contribution in [0.5, 0.6) is 0 Å². The number of rotatable bonds is 7. The van der Waals surface area contributed by atoms with Crippen LogP contribution < -0.4 is 0 Å². The fourth-order valence-electron chi connectivity index (χ4n) is 3.38. The van der Waals surface area contributed by atoms with Gasteiger partial charge in [0.25, 0.3) is 0 Å². The van der Waals surface area contributed by atoms with Crippen molar-refractivity contribution < 1.29 is 0 Å². The molecule has 2 nitrogen and oxygen atoms in total. The Morgan fingerprint density at radius 2 is 1.52 bits per heavy atom. The number of unbranched alkanes of at least 4 members (excludes halogenated alkanes) is 1. The van der Waals surface area contributed by atoms with Gasteiger partial charge in [-0.25, -0.2) is 4.98 Å². The molecule has 0 aliphatic rings. The number of aryl methyl sites for hydroxylation is 1. The average molecular weight is 373 g/mol. The van der Waals surface area contributed by atoms with Crippen molar-refractivity contribution in [1.29, 1.82) is 0 Å². The van der Waals surface area contributed by atoms with E-state index in [4.69, 9.17) is 4.98 Å². The average Bonchev–Trinajstić information content (AvgIpc) is 3.10. The zero-order valence-corrected chi connectivity index (χ0v) is 16.4. The second-order valence-corrected chi connectivity index (χ2v) is 7.86. The molecule has 0 aliphatic carbocycles. The molecule has 0 radical (unpaired) electrons. The Kier molecular flexibility index (Phi) is 5.59.